The predicted molar refractivity (Wildman–Crippen MR) is 66.2 cm³/mol. The van der Waals surface area contributed by atoms with Crippen molar-refractivity contribution in [3.05, 3.63) is 23.8 Å². The SMILES string of the molecule is COc1cc(C#N)ccc1NC(=O)C(CN)OC. The molecule has 0 aliphatic carbocycles. The number of nitrogens with one attached hydrogen (secondary N) is 1. The second kappa shape index (κ2) is 6.59. The number of hydrogen-bond donors (Lipinski definition) is 2. The first-order chi connectivity index (χ1) is 8.65. The van der Waals surface area contributed by atoms with E-state index in [1.165, 1.54) is 14.2 Å². The second-order valence-electron chi connectivity index (χ2n) is 3.48. The number of anilines is 1. The van der Waals surface area contributed by atoms with Crippen LogP contribution >= 0.6 is 0 Å². The van der Waals surface area contributed by atoms with Crippen LogP contribution < -0.4 is 15.8 Å². The van der Waals surface area contributed by atoms with Crippen LogP contribution in [0, 0.1) is 11.3 Å². The van der Waals surface area contributed by atoms with Crippen molar-refractivity contribution in [2.45, 2.75) is 6.10 Å². The van der Waals surface area contributed by atoms with E-state index in [4.69, 9.17) is 20.5 Å². The lowest BCUT2D eigenvalue weighted by Gasteiger charge is -2.15. The van der Waals surface area contributed by atoms with E-state index in [9.17, 15) is 4.79 Å². The van der Waals surface area contributed by atoms with Crippen LogP contribution in [0.1, 0.15) is 5.56 Å². The molecule has 1 atom stereocenters. The van der Waals surface area contributed by atoms with Gasteiger partial charge in [-0.2, -0.15) is 5.26 Å². The number of benzene rings is 1. The summed E-state index contributed by atoms with van der Waals surface area (Å²) in [6.07, 6.45) is -0.717. The smallest absolute Gasteiger partial charge is 0.254 e. The number of methoxy groups -OCH3 is 2. The Kier molecular flexibility index (Phi) is 5.11. The van der Waals surface area contributed by atoms with E-state index in [-0.39, 0.29) is 12.5 Å². The molecule has 96 valence electrons. The summed E-state index contributed by atoms with van der Waals surface area (Å²) in [6.45, 7) is 0.0843. The minimum atomic E-state index is -0.717. The molecule has 6 heteroatoms. The third-order valence-corrected chi connectivity index (χ3v) is 2.38. The molecule has 3 N–H and O–H groups in total. The predicted octanol–water partition coefficient (Wildman–Crippen LogP) is 0.479. The summed E-state index contributed by atoms with van der Waals surface area (Å²) in [5.41, 5.74) is 6.31. The normalized spacial score (nSPS) is 11.4. The minimum absolute atomic E-state index is 0.0843. The average molecular weight is 249 g/mol. The molecule has 0 bridgehead atoms. The number of nitriles is 1. The fourth-order valence-electron chi connectivity index (χ4n) is 1.39. The summed E-state index contributed by atoms with van der Waals surface area (Å²) < 4.78 is 10.0. The van der Waals surface area contributed by atoms with Crippen molar-refractivity contribution < 1.29 is 14.3 Å². The average Bonchev–Trinajstić information content (AvgIpc) is 2.40. The standard InChI is InChI=1S/C12H15N3O3/c1-17-10-5-8(6-13)3-4-9(10)15-12(16)11(7-14)18-2/h3-5,11H,7,14H2,1-2H3,(H,15,16). The first-order valence-corrected chi connectivity index (χ1v) is 5.28. The molecule has 1 aromatic rings. The molecule has 0 aromatic heterocycles. The molecule has 0 heterocycles. The number of carbonyl (C=O) groups excluding carboxylic acids is 1. The fourth-order valence-corrected chi connectivity index (χ4v) is 1.39. The molecule has 0 aliphatic rings. The summed E-state index contributed by atoms with van der Waals surface area (Å²) in [6, 6.07) is 6.71. The van der Waals surface area contributed by atoms with Gasteiger partial charge < -0.3 is 20.5 Å². The van der Waals surface area contributed by atoms with Gasteiger partial charge in [-0.05, 0) is 12.1 Å². The Balaban J connectivity index is 2.91. The van der Waals surface area contributed by atoms with E-state index in [0.717, 1.165) is 0 Å². The van der Waals surface area contributed by atoms with Gasteiger partial charge in [0.25, 0.3) is 5.91 Å². The molecule has 0 saturated heterocycles. The summed E-state index contributed by atoms with van der Waals surface area (Å²) in [5, 5.41) is 11.4. The third kappa shape index (κ3) is 3.20. The molecule has 18 heavy (non-hydrogen) atoms. The van der Waals surface area contributed by atoms with Gasteiger partial charge in [0.2, 0.25) is 0 Å². The summed E-state index contributed by atoms with van der Waals surface area (Å²) >= 11 is 0. The maximum atomic E-state index is 11.8. The number of hydrogen-bond acceptors (Lipinski definition) is 5. The maximum absolute atomic E-state index is 11.8. The van der Waals surface area contributed by atoms with Crippen molar-refractivity contribution in [2.24, 2.45) is 5.73 Å². The third-order valence-electron chi connectivity index (χ3n) is 2.38. The van der Waals surface area contributed by atoms with Crippen LogP contribution in [0.5, 0.6) is 5.75 Å². The van der Waals surface area contributed by atoms with Gasteiger partial charge in [0.15, 0.2) is 0 Å². The zero-order chi connectivity index (χ0) is 13.5. The Bertz CT molecular complexity index is 464. The molecule has 0 fully saturated rings. The molecule has 1 unspecified atom stereocenters. The number of amides is 1. The quantitative estimate of drug-likeness (QED) is 0.791. The lowest BCUT2D eigenvalue weighted by molar-refractivity contribution is -0.125. The fraction of sp³-hybridized carbons (Fsp3) is 0.333. The molecule has 0 aliphatic heterocycles. The van der Waals surface area contributed by atoms with Crippen molar-refractivity contribution in [1.82, 2.24) is 0 Å². The van der Waals surface area contributed by atoms with Crippen LogP contribution in [0.15, 0.2) is 18.2 Å². The van der Waals surface area contributed by atoms with Crippen molar-refractivity contribution in [3.63, 3.8) is 0 Å². The van der Waals surface area contributed by atoms with Gasteiger partial charge in [-0.15, -0.1) is 0 Å². The number of ether oxygens (including phenoxy) is 2. The van der Waals surface area contributed by atoms with Gasteiger partial charge in [0.1, 0.15) is 11.9 Å². The van der Waals surface area contributed by atoms with Gasteiger partial charge in [0.05, 0.1) is 24.4 Å². The second-order valence-corrected chi connectivity index (χ2v) is 3.48. The first kappa shape index (κ1) is 14.0. The Labute approximate surface area is 105 Å². The van der Waals surface area contributed by atoms with Crippen molar-refractivity contribution in [2.75, 3.05) is 26.1 Å². The van der Waals surface area contributed by atoms with Crippen molar-refractivity contribution in [3.8, 4) is 11.8 Å². The largest absolute Gasteiger partial charge is 0.495 e. The van der Waals surface area contributed by atoms with E-state index in [2.05, 4.69) is 5.32 Å². The summed E-state index contributed by atoms with van der Waals surface area (Å²) in [4.78, 5) is 11.8. The van der Waals surface area contributed by atoms with E-state index in [1.54, 1.807) is 18.2 Å². The van der Waals surface area contributed by atoms with Crippen LogP contribution in [0.2, 0.25) is 0 Å². The van der Waals surface area contributed by atoms with E-state index >= 15 is 0 Å². The van der Waals surface area contributed by atoms with Gasteiger partial charge in [-0.1, -0.05) is 0 Å². The van der Waals surface area contributed by atoms with Crippen LogP contribution in [0.3, 0.4) is 0 Å². The van der Waals surface area contributed by atoms with Gasteiger partial charge in [-0.25, -0.2) is 0 Å². The Hall–Kier alpha value is -2.10. The molecule has 1 rings (SSSR count). The van der Waals surface area contributed by atoms with Crippen LogP contribution in [0.25, 0.3) is 0 Å². The van der Waals surface area contributed by atoms with Crippen LogP contribution in [0.4, 0.5) is 5.69 Å². The highest BCUT2D eigenvalue weighted by atomic mass is 16.5. The van der Waals surface area contributed by atoms with Gasteiger partial charge >= 0.3 is 0 Å². The van der Waals surface area contributed by atoms with E-state index in [1.807, 2.05) is 6.07 Å². The lowest BCUT2D eigenvalue weighted by Crippen LogP contribution is -2.36. The molecule has 0 saturated carbocycles. The Morgan fingerprint density at radius 3 is 2.78 bits per heavy atom. The molecule has 0 radical (unpaired) electrons. The number of rotatable bonds is 5. The molecule has 6 nitrogen and oxygen atoms in total. The van der Waals surface area contributed by atoms with E-state index in [0.29, 0.717) is 17.0 Å². The van der Waals surface area contributed by atoms with Crippen LogP contribution in [-0.4, -0.2) is 32.8 Å². The number of nitrogens with zero attached hydrogens (tertiary/aromatic N) is 1. The van der Waals surface area contributed by atoms with Gasteiger partial charge in [0, 0.05) is 19.7 Å². The summed E-state index contributed by atoms with van der Waals surface area (Å²) in [5.74, 6) is 0.0530. The molecule has 1 amide bonds. The molecule has 1 aromatic carbocycles. The lowest BCUT2D eigenvalue weighted by atomic mass is 10.2. The van der Waals surface area contributed by atoms with Crippen molar-refractivity contribution in [1.29, 1.82) is 5.26 Å². The van der Waals surface area contributed by atoms with Gasteiger partial charge in [-0.3, -0.25) is 4.79 Å². The first-order valence-electron chi connectivity index (χ1n) is 5.28. The van der Waals surface area contributed by atoms with Crippen LogP contribution in [-0.2, 0) is 9.53 Å². The zero-order valence-electron chi connectivity index (χ0n) is 10.3. The zero-order valence-corrected chi connectivity index (χ0v) is 10.3. The van der Waals surface area contributed by atoms with E-state index < -0.39 is 6.10 Å². The Morgan fingerprint density at radius 1 is 1.56 bits per heavy atom. The van der Waals surface area contributed by atoms with Crippen molar-refractivity contribution >= 4 is 11.6 Å². The number of nitrogens with two attached hydrogens (primary N) is 1. The molecule has 0 spiro atoms. The molecular formula is C12H15N3O3. The number of carbonyl (C=O) groups is 1. The molecular weight excluding hydrogens is 234 g/mol. The maximum Gasteiger partial charge on any atom is 0.254 e. The minimum Gasteiger partial charge on any atom is -0.495 e. The highest BCUT2D eigenvalue weighted by molar-refractivity contribution is 5.95. The topological polar surface area (TPSA) is 97.4 Å². The summed E-state index contributed by atoms with van der Waals surface area (Å²) in [7, 11) is 2.87. The monoisotopic (exact) mass is 249 g/mol. The highest BCUT2D eigenvalue weighted by Crippen LogP contribution is 2.25. The Morgan fingerprint density at radius 2 is 2.28 bits per heavy atom. The highest BCUT2D eigenvalue weighted by Gasteiger charge is 2.17.